The fourth-order valence-electron chi connectivity index (χ4n) is 0.702. The van der Waals surface area contributed by atoms with E-state index in [1.54, 1.807) is 0 Å². The van der Waals surface area contributed by atoms with E-state index in [0.717, 1.165) is 0 Å². The van der Waals surface area contributed by atoms with Crippen molar-refractivity contribution in [1.29, 1.82) is 0 Å². The van der Waals surface area contributed by atoms with E-state index in [0.29, 0.717) is 5.69 Å². The van der Waals surface area contributed by atoms with Crippen molar-refractivity contribution in [2.75, 3.05) is 11.9 Å². The number of anilines is 1. The second-order valence-corrected chi connectivity index (χ2v) is 3.01. The molecule has 0 saturated carbocycles. The Kier molecular flexibility index (Phi) is 3.48. The lowest BCUT2D eigenvalue weighted by Gasteiger charge is -2.03. The van der Waals surface area contributed by atoms with Gasteiger partial charge in [0.2, 0.25) is 5.91 Å². The highest BCUT2D eigenvalue weighted by Crippen LogP contribution is 2.21. The summed E-state index contributed by atoms with van der Waals surface area (Å²) in [5, 5.41) is 2.98. The lowest BCUT2D eigenvalue weighted by Crippen LogP contribution is -2.21. The molecule has 1 amide bonds. The Morgan fingerprint density at radius 3 is 2.85 bits per heavy atom. The van der Waals surface area contributed by atoms with E-state index in [1.165, 1.54) is 12.3 Å². The second kappa shape index (κ2) is 4.41. The number of nitrogens with two attached hydrogens (primary N) is 1. The first-order chi connectivity index (χ1) is 6.13. The molecule has 0 spiro atoms. The van der Waals surface area contributed by atoms with Gasteiger partial charge in [0.15, 0.2) is 0 Å². The zero-order valence-electron chi connectivity index (χ0n) is 6.55. The van der Waals surface area contributed by atoms with Gasteiger partial charge >= 0.3 is 0 Å². The van der Waals surface area contributed by atoms with E-state index in [-0.39, 0.29) is 22.6 Å². The first-order valence-electron chi connectivity index (χ1n) is 3.44. The van der Waals surface area contributed by atoms with Crippen LogP contribution in [0.2, 0.25) is 10.2 Å². The number of carbonyl (C=O) groups is 1. The van der Waals surface area contributed by atoms with Crippen LogP contribution in [0.1, 0.15) is 0 Å². The average Bonchev–Trinajstić information content (AvgIpc) is 2.11. The number of aromatic nitrogens is 1. The summed E-state index contributed by atoms with van der Waals surface area (Å²) in [5.74, 6) is -0.305. The third-order valence-corrected chi connectivity index (χ3v) is 1.95. The van der Waals surface area contributed by atoms with Crippen molar-refractivity contribution in [3.63, 3.8) is 0 Å². The highest BCUT2D eigenvalue weighted by atomic mass is 35.5. The third-order valence-electron chi connectivity index (χ3n) is 1.27. The molecule has 1 rings (SSSR count). The van der Waals surface area contributed by atoms with Gasteiger partial charge < -0.3 is 11.1 Å². The highest BCUT2D eigenvalue weighted by Gasteiger charge is 2.03. The Morgan fingerprint density at radius 1 is 1.62 bits per heavy atom. The maximum atomic E-state index is 10.8. The Labute approximate surface area is 85.0 Å². The lowest BCUT2D eigenvalue weighted by atomic mass is 10.4. The van der Waals surface area contributed by atoms with Crippen LogP contribution in [-0.2, 0) is 4.79 Å². The Morgan fingerprint density at radius 2 is 2.31 bits per heavy atom. The molecule has 0 aliphatic rings. The number of hydrogen-bond donors (Lipinski definition) is 2. The van der Waals surface area contributed by atoms with E-state index >= 15 is 0 Å². The molecule has 0 aliphatic heterocycles. The molecule has 3 N–H and O–H groups in total. The molecule has 13 heavy (non-hydrogen) atoms. The van der Waals surface area contributed by atoms with Crippen LogP contribution < -0.4 is 11.1 Å². The van der Waals surface area contributed by atoms with Gasteiger partial charge in [0.1, 0.15) is 5.15 Å². The monoisotopic (exact) mass is 219 g/mol. The summed E-state index contributed by atoms with van der Waals surface area (Å²) < 4.78 is 0. The zero-order chi connectivity index (χ0) is 9.84. The van der Waals surface area contributed by atoms with E-state index < -0.39 is 0 Å². The summed E-state index contributed by atoms with van der Waals surface area (Å²) in [5.41, 5.74) is 5.57. The van der Waals surface area contributed by atoms with Crippen LogP contribution in [0.3, 0.4) is 0 Å². The third kappa shape index (κ3) is 2.84. The van der Waals surface area contributed by atoms with Crippen LogP contribution in [0.15, 0.2) is 12.3 Å². The van der Waals surface area contributed by atoms with Gasteiger partial charge in [0.25, 0.3) is 0 Å². The molecular formula is C7H7Cl2N3O. The predicted octanol–water partition coefficient (Wildman–Crippen LogP) is 1.29. The number of amides is 1. The van der Waals surface area contributed by atoms with Gasteiger partial charge in [-0.2, -0.15) is 0 Å². The molecule has 1 heterocycles. The average molecular weight is 220 g/mol. The topological polar surface area (TPSA) is 68.0 Å². The highest BCUT2D eigenvalue weighted by molar-refractivity contribution is 6.41. The van der Waals surface area contributed by atoms with Gasteiger partial charge in [0, 0.05) is 0 Å². The summed E-state index contributed by atoms with van der Waals surface area (Å²) in [6, 6.07) is 1.50. The number of rotatable bonds is 2. The maximum Gasteiger partial charge on any atom is 0.238 e. The fourth-order valence-corrected chi connectivity index (χ4v) is 0.971. The van der Waals surface area contributed by atoms with Crippen molar-refractivity contribution in [3.8, 4) is 0 Å². The number of nitrogens with one attached hydrogen (secondary N) is 1. The van der Waals surface area contributed by atoms with Crippen molar-refractivity contribution in [3.05, 3.63) is 22.4 Å². The quantitative estimate of drug-likeness (QED) is 0.737. The minimum absolute atomic E-state index is 0.0831. The van der Waals surface area contributed by atoms with E-state index in [1.807, 2.05) is 0 Å². The lowest BCUT2D eigenvalue weighted by molar-refractivity contribution is -0.114. The van der Waals surface area contributed by atoms with Crippen LogP contribution >= 0.6 is 23.2 Å². The first-order valence-corrected chi connectivity index (χ1v) is 4.20. The SMILES string of the molecule is NCC(=O)Nc1cnc(Cl)c(Cl)c1. The van der Waals surface area contributed by atoms with Gasteiger partial charge in [-0.1, -0.05) is 23.2 Å². The minimum atomic E-state index is -0.305. The first kappa shape index (κ1) is 10.2. The molecule has 0 atom stereocenters. The van der Waals surface area contributed by atoms with E-state index in [9.17, 15) is 4.79 Å². The van der Waals surface area contributed by atoms with E-state index in [2.05, 4.69) is 10.3 Å². The summed E-state index contributed by atoms with van der Waals surface area (Å²) >= 11 is 11.2. The van der Waals surface area contributed by atoms with Crippen molar-refractivity contribution in [1.82, 2.24) is 4.98 Å². The number of halogens is 2. The summed E-state index contributed by atoms with van der Waals surface area (Å²) in [6.07, 6.45) is 1.40. The number of nitrogens with zero attached hydrogens (tertiary/aromatic N) is 1. The minimum Gasteiger partial charge on any atom is -0.324 e. The van der Waals surface area contributed by atoms with Crippen LogP contribution in [0.5, 0.6) is 0 Å². The van der Waals surface area contributed by atoms with Gasteiger partial charge in [-0.25, -0.2) is 4.98 Å². The van der Waals surface area contributed by atoms with Crippen LogP contribution in [0.4, 0.5) is 5.69 Å². The van der Waals surface area contributed by atoms with Crippen molar-refractivity contribution in [2.24, 2.45) is 5.73 Å². The number of hydrogen-bond acceptors (Lipinski definition) is 3. The molecular weight excluding hydrogens is 213 g/mol. The fraction of sp³-hybridized carbons (Fsp3) is 0.143. The normalized spacial score (nSPS) is 9.77. The standard InChI is InChI=1S/C7H7Cl2N3O/c8-5-1-4(3-11-7(5)9)12-6(13)2-10/h1,3H,2,10H2,(H,12,13). The molecule has 0 bridgehead atoms. The summed E-state index contributed by atoms with van der Waals surface area (Å²) in [6.45, 7) is -0.0831. The molecule has 1 aromatic heterocycles. The molecule has 0 aliphatic carbocycles. The van der Waals surface area contributed by atoms with Gasteiger partial charge in [-0.15, -0.1) is 0 Å². The maximum absolute atomic E-state index is 10.8. The number of carbonyl (C=O) groups excluding carboxylic acids is 1. The summed E-state index contributed by atoms with van der Waals surface area (Å²) in [7, 11) is 0. The molecule has 0 saturated heterocycles. The Hall–Kier alpha value is -0.840. The van der Waals surface area contributed by atoms with Crippen molar-refractivity contribution >= 4 is 34.8 Å². The van der Waals surface area contributed by atoms with E-state index in [4.69, 9.17) is 28.9 Å². The predicted molar refractivity (Wildman–Crippen MR) is 51.9 cm³/mol. The van der Waals surface area contributed by atoms with Gasteiger partial charge in [0.05, 0.1) is 23.5 Å². The van der Waals surface area contributed by atoms with Crippen LogP contribution in [-0.4, -0.2) is 17.4 Å². The van der Waals surface area contributed by atoms with Gasteiger partial charge in [-0.05, 0) is 6.07 Å². The Bertz CT molecular complexity index is 330. The number of pyridine rings is 1. The molecule has 0 fully saturated rings. The molecule has 0 unspecified atom stereocenters. The largest absolute Gasteiger partial charge is 0.324 e. The van der Waals surface area contributed by atoms with Crippen LogP contribution in [0.25, 0.3) is 0 Å². The smallest absolute Gasteiger partial charge is 0.238 e. The van der Waals surface area contributed by atoms with Gasteiger partial charge in [-0.3, -0.25) is 4.79 Å². The second-order valence-electron chi connectivity index (χ2n) is 2.25. The molecule has 1 aromatic rings. The molecule has 70 valence electrons. The Balaban J connectivity index is 2.79. The molecule has 4 nitrogen and oxygen atoms in total. The molecule has 0 radical (unpaired) electrons. The van der Waals surface area contributed by atoms with Crippen LogP contribution in [0, 0.1) is 0 Å². The van der Waals surface area contributed by atoms with Crippen molar-refractivity contribution in [2.45, 2.75) is 0 Å². The van der Waals surface area contributed by atoms with Crippen molar-refractivity contribution < 1.29 is 4.79 Å². The summed E-state index contributed by atoms with van der Waals surface area (Å²) in [4.78, 5) is 14.6. The molecule has 6 heteroatoms. The molecule has 0 aromatic carbocycles. The zero-order valence-corrected chi connectivity index (χ0v) is 8.06.